The van der Waals surface area contributed by atoms with Crippen LogP contribution in [0.5, 0.6) is 0 Å². The Labute approximate surface area is 93.5 Å². The highest BCUT2D eigenvalue weighted by molar-refractivity contribution is 7.15. The third kappa shape index (κ3) is 2.14. The highest BCUT2D eigenvalue weighted by Crippen LogP contribution is 2.35. The van der Waals surface area contributed by atoms with Gasteiger partial charge in [-0.25, -0.2) is 4.98 Å². The van der Waals surface area contributed by atoms with Crippen LogP contribution in [0.2, 0.25) is 0 Å². The summed E-state index contributed by atoms with van der Waals surface area (Å²) in [6, 6.07) is 0.164. The number of nitrogens with zero attached hydrogens (tertiary/aromatic N) is 1. The fourth-order valence-electron chi connectivity index (χ4n) is 1.97. The van der Waals surface area contributed by atoms with Gasteiger partial charge in [-0.3, -0.25) is 0 Å². The van der Waals surface area contributed by atoms with E-state index in [4.69, 9.17) is 5.73 Å². The van der Waals surface area contributed by atoms with Crippen LogP contribution >= 0.6 is 11.3 Å². The van der Waals surface area contributed by atoms with Gasteiger partial charge in [0.05, 0.1) is 10.6 Å². The van der Waals surface area contributed by atoms with Gasteiger partial charge in [0.15, 0.2) is 5.13 Å². The summed E-state index contributed by atoms with van der Waals surface area (Å²) < 4.78 is 0. The van der Waals surface area contributed by atoms with E-state index >= 15 is 0 Å². The van der Waals surface area contributed by atoms with E-state index in [1.54, 1.807) is 0 Å². The van der Waals surface area contributed by atoms with Crippen molar-refractivity contribution in [2.75, 3.05) is 12.3 Å². The van der Waals surface area contributed by atoms with Crippen molar-refractivity contribution in [1.82, 2.24) is 10.3 Å². The second kappa shape index (κ2) is 4.47. The largest absolute Gasteiger partial charge is 0.386 e. The van der Waals surface area contributed by atoms with E-state index in [2.05, 4.69) is 17.2 Å². The van der Waals surface area contributed by atoms with E-state index < -0.39 is 6.10 Å². The maximum absolute atomic E-state index is 10.1. The van der Waals surface area contributed by atoms with E-state index in [1.807, 2.05) is 0 Å². The number of aryl methyl sites for hydroxylation is 1. The maximum Gasteiger partial charge on any atom is 0.180 e. The number of anilines is 1. The second-order valence-electron chi connectivity index (χ2n) is 3.91. The van der Waals surface area contributed by atoms with Gasteiger partial charge < -0.3 is 16.2 Å². The topological polar surface area (TPSA) is 71.2 Å². The number of nitrogens with one attached hydrogen (secondary N) is 1. The van der Waals surface area contributed by atoms with Crippen molar-refractivity contribution < 1.29 is 5.11 Å². The number of hydrogen-bond acceptors (Lipinski definition) is 5. The van der Waals surface area contributed by atoms with Gasteiger partial charge in [0, 0.05) is 6.04 Å². The number of fused-ring (bicyclic) bond motifs is 1. The second-order valence-corrected chi connectivity index (χ2v) is 4.97. The van der Waals surface area contributed by atoms with Crippen LogP contribution in [0.3, 0.4) is 0 Å². The van der Waals surface area contributed by atoms with Crippen molar-refractivity contribution in [2.45, 2.75) is 38.3 Å². The Balaban J connectivity index is 2.11. The molecule has 4 nitrogen and oxygen atoms in total. The molecular formula is C10H17N3OS. The Morgan fingerprint density at radius 2 is 2.47 bits per heavy atom. The van der Waals surface area contributed by atoms with Crippen molar-refractivity contribution >= 4 is 16.5 Å². The quantitative estimate of drug-likeness (QED) is 0.722. The molecular weight excluding hydrogens is 210 g/mol. The molecule has 0 saturated carbocycles. The van der Waals surface area contributed by atoms with Crippen molar-refractivity contribution in [3.63, 3.8) is 0 Å². The normalized spacial score (nSPS) is 25.2. The molecule has 0 spiro atoms. The molecule has 1 heterocycles. The van der Waals surface area contributed by atoms with Crippen LogP contribution in [0.25, 0.3) is 0 Å². The van der Waals surface area contributed by atoms with E-state index in [9.17, 15) is 5.11 Å². The third-order valence-corrected chi connectivity index (χ3v) is 3.74. The van der Waals surface area contributed by atoms with Gasteiger partial charge in [-0.2, -0.15) is 0 Å². The Kier molecular flexibility index (Phi) is 3.23. The first-order valence-corrected chi connectivity index (χ1v) is 6.20. The van der Waals surface area contributed by atoms with Crippen molar-refractivity contribution in [3.8, 4) is 0 Å². The summed E-state index contributed by atoms with van der Waals surface area (Å²) in [5, 5.41) is 14.0. The summed E-state index contributed by atoms with van der Waals surface area (Å²) in [7, 11) is 0. The van der Waals surface area contributed by atoms with Gasteiger partial charge in [-0.15, -0.1) is 0 Å². The summed E-state index contributed by atoms with van der Waals surface area (Å²) in [6.07, 6.45) is 2.51. The number of thiazole rings is 1. The number of nitrogen functional groups attached to an aromatic ring is 1. The molecule has 1 aromatic rings. The number of nitrogens with two attached hydrogens (primary N) is 1. The zero-order valence-corrected chi connectivity index (χ0v) is 9.68. The van der Waals surface area contributed by atoms with Crippen LogP contribution in [0.15, 0.2) is 0 Å². The molecule has 1 aliphatic carbocycles. The minimum Gasteiger partial charge on any atom is -0.386 e. The predicted octanol–water partition coefficient (Wildman–Crippen LogP) is 1.07. The van der Waals surface area contributed by atoms with Gasteiger partial charge in [0.25, 0.3) is 0 Å². The smallest absolute Gasteiger partial charge is 0.180 e. The number of aromatic nitrogens is 1. The molecule has 2 rings (SSSR count). The average molecular weight is 227 g/mol. The molecule has 0 unspecified atom stereocenters. The zero-order valence-electron chi connectivity index (χ0n) is 8.86. The summed E-state index contributed by atoms with van der Waals surface area (Å²) in [5.41, 5.74) is 6.63. The molecule has 0 radical (unpaired) electrons. The number of hydrogen-bond donors (Lipinski definition) is 3. The van der Waals surface area contributed by atoms with Crippen LogP contribution in [-0.4, -0.2) is 22.7 Å². The lowest BCUT2D eigenvalue weighted by molar-refractivity contribution is 0.118. The van der Waals surface area contributed by atoms with E-state index in [0.29, 0.717) is 5.13 Å². The fraction of sp³-hybridized carbons (Fsp3) is 0.700. The molecule has 0 aliphatic heterocycles. The average Bonchev–Trinajstić information content (AvgIpc) is 2.59. The van der Waals surface area contributed by atoms with Gasteiger partial charge in [0.1, 0.15) is 6.10 Å². The molecule has 0 amide bonds. The van der Waals surface area contributed by atoms with Gasteiger partial charge in [-0.1, -0.05) is 18.3 Å². The first kappa shape index (κ1) is 10.9. The lowest BCUT2D eigenvalue weighted by atomic mass is 9.95. The summed E-state index contributed by atoms with van der Waals surface area (Å²) in [5.74, 6) is 0. The van der Waals surface area contributed by atoms with E-state index in [0.717, 1.165) is 36.4 Å². The van der Waals surface area contributed by atoms with Gasteiger partial charge in [-0.05, 0) is 25.8 Å². The van der Waals surface area contributed by atoms with Crippen molar-refractivity contribution in [1.29, 1.82) is 0 Å². The first-order valence-electron chi connectivity index (χ1n) is 5.39. The van der Waals surface area contributed by atoms with Crippen LogP contribution in [-0.2, 0) is 6.42 Å². The van der Waals surface area contributed by atoms with Crippen molar-refractivity contribution in [2.24, 2.45) is 0 Å². The van der Waals surface area contributed by atoms with Crippen LogP contribution in [0.1, 0.15) is 36.4 Å². The standard InChI is InChI=1S/C10H17N3OS/c1-2-5-12-6-3-4-7-9(8(6)14)15-10(11)13-7/h6,8,12,14H,2-5H2,1H3,(H2,11,13)/t6-,8-/m1/s1. The van der Waals surface area contributed by atoms with Gasteiger partial charge in [0.2, 0.25) is 0 Å². The molecule has 5 heteroatoms. The molecule has 1 aliphatic rings. The molecule has 4 N–H and O–H groups in total. The number of aliphatic hydroxyl groups is 1. The first-order chi connectivity index (χ1) is 7.22. The molecule has 84 valence electrons. The molecule has 0 fully saturated rings. The number of rotatable bonds is 3. The van der Waals surface area contributed by atoms with Crippen LogP contribution in [0.4, 0.5) is 5.13 Å². The summed E-state index contributed by atoms with van der Waals surface area (Å²) in [6.45, 7) is 3.07. The highest BCUT2D eigenvalue weighted by atomic mass is 32.1. The third-order valence-electron chi connectivity index (χ3n) is 2.74. The number of aliphatic hydroxyl groups excluding tert-OH is 1. The molecule has 2 atom stereocenters. The Hall–Kier alpha value is -0.650. The monoisotopic (exact) mass is 227 g/mol. The van der Waals surface area contributed by atoms with E-state index in [-0.39, 0.29) is 6.04 Å². The SMILES string of the molecule is CCCN[C@@H]1CCc2nc(N)sc2[C@@H]1O. The molecule has 0 bridgehead atoms. The molecule has 15 heavy (non-hydrogen) atoms. The minimum absolute atomic E-state index is 0.164. The Morgan fingerprint density at radius 1 is 1.67 bits per heavy atom. The lowest BCUT2D eigenvalue weighted by Gasteiger charge is -2.27. The molecule has 0 aromatic carbocycles. The lowest BCUT2D eigenvalue weighted by Crippen LogP contribution is -2.38. The molecule has 0 saturated heterocycles. The minimum atomic E-state index is -0.435. The maximum atomic E-state index is 10.1. The van der Waals surface area contributed by atoms with Crippen LogP contribution < -0.4 is 11.1 Å². The zero-order chi connectivity index (χ0) is 10.8. The summed E-state index contributed by atoms with van der Waals surface area (Å²) >= 11 is 1.41. The Bertz CT molecular complexity index is 339. The summed E-state index contributed by atoms with van der Waals surface area (Å²) in [4.78, 5) is 5.18. The van der Waals surface area contributed by atoms with Crippen LogP contribution in [0, 0.1) is 0 Å². The fourth-order valence-corrected chi connectivity index (χ4v) is 2.90. The Morgan fingerprint density at radius 3 is 3.20 bits per heavy atom. The highest BCUT2D eigenvalue weighted by Gasteiger charge is 2.30. The predicted molar refractivity (Wildman–Crippen MR) is 61.9 cm³/mol. The van der Waals surface area contributed by atoms with Gasteiger partial charge >= 0.3 is 0 Å². The van der Waals surface area contributed by atoms with Crippen molar-refractivity contribution in [3.05, 3.63) is 10.6 Å². The molecule has 1 aromatic heterocycles. The van der Waals surface area contributed by atoms with E-state index in [1.165, 1.54) is 11.3 Å².